The van der Waals surface area contributed by atoms with Gasteiger partial charge in [0.25, 0.3) is 0 Å². The molecule has 1 saturated carbocycles. The number of nitrogens with one attached hydrogen (secondary N) is 3. The second-order valence-corrected chi connectivity index (χ2v) is 8.34. The van der Waals surface area contributed by atoms with Gasteiger partial charge < -0.3 is 20.9 Å². The van der Waals surface area contributed by atoms with Crippen molar-refractivity contribution in [1.29, 1.82) is 0 Å². The Kier molecular flexibility index (Phi) is 5.23. The minimum Gasteiger partial charge on any atom is -0.335 e. The number of fused-ring (bicyclic) bond motifs is 1. The van der Waals surface area contributed by atoms with Crippen molar-refractivity contribution in [1.82, 2.24) is 5.32 Å². The third-order valence-electron chi connectivity index (χ3n) is 5.88. The lowest BCUT2D eigenvalue weighted by molar-refractivity contribution is -0.122. The fraction of sp³-hybridized carbons (Fsp3) is 0.240. The zero-order valence-electron chi connectivity index (χ0n) is 17.5. The van der Waals surface area contributed by atoms with Crippen molar-refractivity contribution in [3.05, 3.63) is 66.7 Å². The average Bonchev–Trinajstić information content (AvgIpc) is 3.52. The molecule has 1 heterocycles. The first kappa shape index (κ1) is 20.1. The number of urea groups is 1. The second-order valence-electron chi connectivity index (χ2n) is 8.34. The van der Waals surface area contributed by atoms with E-state index in [2.05, 4.69) is 16.0 Å². The van der Waals surface area contributed by atoms with E-state index in [1.165, 1.54) is 0 Å². The summed E-state index contributed by atoms with van der Waals surface area (Å²) < 4.78 is 0. The van der Waals surface area contributed by atoms with Gasteiger partial charge in [0.2, 0.25) is 11.8 Å². The van der Waals surface area contributed by atoms with Gasteiger partial charge in [-0.05, 0) is 48.6 Å². The van der Waals surface area contributed by atoms with Crippen LogP contribution in [0.2, 0.25) is 0 Å². The number of nitrogens with zero attached hydrogens (tertiary/aromatic N) is 1. The topological polar surface area (TPSA) is 90.5 Å². The number of rotatable bonds is 5. The molecule has 1 aliphatic carbocycles. The molecule has 0 spiro atoms. The standard InChI is InChI=1S/C25H24N4O3/c30-23-14-17(15-29(23)22-7-3-5-16-4-1-2-6-21(16)22)24(31)26-18-8-10-19(11-9-18)27-25(32)28-20-12-13-20/h1-11,17,20H,12-15H2,(H,26,31)(H2,27,28,32). The Morgan fingerprint density at radius 3 is 2.28 bits per heavy atom. The summed E-state index contributed by atoms with van der Waals surface area (Å²) in [5.74, 6) is -0.667. The maximum atomic E-state index is 12.8. The maximum absolute atomic E-state index is 12.8. The SMILES string of the molecule is O=C(Nc1ccc(NC(=O)C2CC(=O)N(c3cccc4ccccc34)C2)cc1)NC1CC1. The van der Waals surface area contributed by atoms with Crippen LogP contribution in [-0.4, -0.2) is 30.4 Å². The highest BCUT2D eigenvalue weighted by Crippen LogP contribution is 2.32. The van der Waals surface area contributed by atoms with Crippen LogP contribution >= 0.6 is 0 Å². The first-order valence-corrected chi connectivity index (χ1v) is 10.8. The fourth-order valence-electron chi connectivity index (χ4n) is 4.02. The van der Waals surface area contributed by atoms with E-state index in [0.717, 1.165) is 29.3 Å². The summed E-state index contributed by atoms with van der Waals surface area (Å²) in [5.41, 5.74) is 2.11. The van der Waals surface area contributed by atoms with Crippen molar-refractivity contribution in [3.63, 3.8) is 0 Å². The van der Waals surface area contributed by atoms with Gasteiger partial charge in [-0.25, -0.2) is 4.79 Å². The highest BCUT2D eigenvalue weighted by molar-refractivity contribution is 6.08. The van der Waals surface area contributed by atoms with Crippen LogP contribution in [0.1, 0.15) is 19.3 Å². The van der Waals surface area contributed by atoms with Crippen LogP contribution in [0.4, 0.5) is 21.9 Å². The van der Waals surface area contributed by atoms with Crippen molar-refractivity contribution in [2.24, 2.45) is 5.92 Å². The van der Waals surface area contributed by atoms with Crippen molar-refractivity contribution in [3.8, 4) is 0 Å². The molecule has 3 aromatic carbocycles. The number of carbonyl (C=O) groups excluding carboxylic acids is 3. The van der Waals surface area contributed by atoms with Crippen LogP contribution in [0, 0.1) is 5.92 Å². The minimum absolute atomic E-state index is 0.0530. The summed E-state index contributed by atoms with van der Waals surface area (Å²) in [7, 11) is 0. The van der Waals surface area contributed by atoms with Crippen LogP contribution in [0.15, 0.2) is 66.7 Å². The van der Waals surface area contributed by atoms with Gasteiger partial charge >= 0.3 is 6.03 Å². The predicted octanol–water partition coefficient (Wildman–Crippen LogP) is 4.12. The molecular weight excluding hydrogens is 404 g/mol. The first-order valence-electron chi connectivity index (χ1n) is 10.8. The minimum atomic E-state index is -0.427. The highest BCUT2D eigenvalue weighted by Gasteiger charge is 2.35. The number of benzene rings is 3. The Bertz CT molecular complexity index is 1180. The largest absolute Gasteiger partial charge is 0.335 e. The fourth-order valence-corrected chi connectivity index (χ4v) is 4.02. The van der Waals surface area contributed by atoms with Gasteiger partial charge in [-0.15, -0.1) is 0 Å². The molecule has 4 amide bonds. The van der Waals surface area contributed by atoms with E-state index < -0.39 is 5.92 Å². The number of amides is 4. The van der Waals surface area contributed by atoms with E-state index in [0.29, 0.717) is 17.9 Å². The van der Waals surface area contributed by atoms with Gasteiger partial charge in [0.05, 0.1) is 11.6 Å². The summed E-state index contributed by atoms with van der Waals surface area (Å²) in [6, 6.07) is 20.8. The molecule has 7 nitrogen and oxygen atoms in total. The van der Waals surface area contributed by atoms with E-state index in [4.69, 9.17) is 0 Å². The molecule has 32 heavy (non-hydrogen) atoms. The Morgan fingerprint density at radius 1 is 0.844 bits per heavy atom. The molecule has 7 heteroatoms. The summed E-state index contributed by atoms with van der Waals surface area (Å²) in [6.45, 7) is 0.347. The van der Waals surface area contributed by atoms with Gasteiger partial charge in [-0.3, -0.25) is 9.59 Å². The van der Waals surface area contributed by atoms with Crippen molar-refractivity contribution >= 4 is 45.7 Å². The van der Waals surface area contributed by atoms with E-state index in [-0.39, 0.29) is 30.3 Å². The van der Waals surface area contributed by atoms with Crippen LogP contribution in [0.5, 0.6) is 0 Å². The summed E-state index contributed by atoms with van der Waals surface area (Å²) >= 11 is 0. The molecule has 2 aliphatic rings. The Morgan fingerprint density at radius 2 is 1.53 bits per heavy atom. The number of hydrogen-bond donors (Lipinski definition) is 3. The van der Waals surface area contributed by atoms with Gasteiger partial charge in [-0.2, -0.15) is 0 Å². The lowest BCUT2D eigenvalue weighted by atomic mass is 10.1. The third-order valence-corrected chi connectivity index (χ3v) is 5.88. The second kappa shape index (κ2) is 8.34. The summed E-state index contributed by atoms with van der Waals surface area (Å²) in [6.07, 6.45) is 2.23. The molecule has 162 valence electrons. The summed E-state index contributed by atoms with van der Waals surface area (Å²) in [5, 5.41) is 10.6. The molecule has 3 aromatic rings. The van der Waals surface area contributed by atoms with Gasteiger partial charge in [0.15, 0.2) is 0 Å². The highest BCUT2D eigenvalue weighted by atomic mass is 16.2. The molecule has 1 aliphatic heterocycles. The molecule has 5 rings (SSSR count). The van der Waals surface area contributed by atoms with Crippen molar-refractivity contribution in [2.45, 2.75) is 25.3 Å². The quantitative estimate of drug-likeness (QED) is 0.571. The predicted molar refractivity (Wildman–Crippen MR) is 125 cm³/mol. The van der Waals surface area contributed by atoms with Crippen molar-refractivity contribution < 1.29 is 14.4 Å². The Labute approximate surface area is 185 Å². The molecule has 0 aromatic heterocycles. The van der Waals surface area contributed by atoms with E-state index >= 15 is 0 Å². The summed E-state index contributed by atoms with van der Waals surface area (Å²) in [4.78, 5) is 39.1. The molecule has 1 unspecified atom stereocenters. The van der Waals surface area contributed by atoms with Crippen LogP contribution < -0.4 is 20.9 Å². The Hall–Kier alpha value is -3.87. The zero-order valence-corrected chi connectivity index (χ0v) is 17.5. The zero-order chi connectivity index (χ0) is 22.1. The van der Waals surface area contributed by atoms with Crippen LogP contribution in [0.3, 0.4) is 0 Å². The molecule has 1 saturated heterocycles. The molecule has 0 radical (unpaired) electrons. The monoisotopic (exact) mass is 428 g/mol. The van der Waals surface area contributed by atoms with Gasteiger partial charge in [-0.1, -0.05) is 36.4 Å². The first-order chi connectivity index (χ1) is 15.6. The van der Waals surface area contributed by atoms with Crippen molar-refractivity contribution in [2.75, 3.05) is 22.1 Å². The van der Waals surface area contributed by atoms with E-state index in [1.54, 1.807) is 29.2 Å². The van der Waals surface area contributed by atoms with E-state index in [9.17, 15) is 14.4 Å². The lowest BCUT2D eigenvalue weighted by Gasteiger charge is -2.19. The maximum Gasteiger partial charge on any atom is 0.319 e. The number of hydrogen-bond acceptors (Lipinski definition) is 3. The van der Waals surface area contributed by atoms with Gasteiger partial charge in [0.1, 0.15) is 0 Å². The molecule has 3 N–H and O–H groups in total. The normalized spacial score (nSPS) is 17.9. The molecule has 2 fully saturated rings. The molecule has 1 atom stereocenters. The average molecular weight is 428 g/mol. The Balaban J connectivity index is 1.22. The van der Waals surface area contributed by atoms with Crippen LogP contribution in [0.25, 0.3) is 10.8 Å². The number of carbonyl (C=O) groups is 3. The molecular formula is C25H24N4O3. The number of anilines is 3. The van der Waals surface area contributed by atoms with Crippen LogP contribution in [-0.2, 0) is 9.59 Å². The molecule has 0 bridgehead atoms. The smallest absolute Gasteiger partial charge is 0.319 e. The van der Waals surface area contributed by atoms with E-state index in [1.807, 2.05) is 42.5 Å². The van der Waals surface area contributed by atoms with Gasteiger partial charge in [0, 0.05) is 35.8 Å². The third kappa shape index (κ3) is 4.27. The lowest BCUT2D eigenvalue weighted by Crippen LogP contribution is -2.30.